The summed E-state index contributed by atoms with van der Waals surface area (Å²) < 4.78 is 5.11. The summed E-state index contributed by atoms with van der Waals surface area (Å²) in [5, 5.41) is 14.4. The molecule has 1 aromatic heterocycles. The quantitative estimate of drug-likeness (QED) is 0.383. The summed E-state index contributed by atoms with van der Waals surface area (Å²) in [5.74, 6) is 0.204. The molecule has 7 nitrogen and oxygen atoms in total. The van der Waals surface area contributed by atoms with Crippen LogP contribution in [-0.2, 0) is 0 Å². The molecular weight excluding hydrogens is 298 g/mol. The summed E-state index contributed by atoms with van der Waals surface area (Å²) in [6.45, 7) is 0. The maximum Gasteiger partial charge on any atom is 0.271 e. The summed E-state index contributed by atoms with van der Waals surface area (Å²) in [5.41, 5.74) is 2.30. The zero-order chi connectivity index (χ0) is 16.5. The Balaban J connectivity index is 1.84. The lowest BCUT2D eigenvalue weighted by Crippen LogP contribution is -2.17. The van der Waals surface area contributed by atoms with Gasteiger partial charge < -0.3 is 4.42 Å². The van der Waals surface area contributed by atoms with Crippen LogP contribution in [-0.4, -0.2) is 17.0 Å². The Kier molecular flexibility index (Phi) is 5.59. The van der Waals surface area contributed by atoms with E-state index in [1.165, 1.54) is 30.5 Å². The van der Waals surface area contributed by atoms with Crippen molar-refractivity contribution in [3.05, 3.63) is 82.3 Å². The van der Waals surface area contributed by atoms with E-state index in [2.05, 4.69) is 10.5 Å². The molecule has 7 heteroatoms. The number of non-ortho nitro benzene ring substituents is 1. The van der Waals surface area contributed by atoms with Crippen molar-refractivity contribution in [1.29, 1.82) is 0 Å². The molecule has 0 spiro atoms. The molecule has 1 aromatic carbocycles. The third-order valence-corrected chi connectivity index (χ3v) is 2.67. The van der Waals surface area contributed by atoms with Gasteiger partial charge in [0.15, 0.2) is 0 Å². The normalized spacial score (nSPS) is 11.5. The first-order valence-electron chi connectivity index (χ1n) is 6.61. The first-order chi connectivity index (χ1) is 11.2. The zero-order valence-electron chi connectivity index (χ0n) is 12.0. The molecule has 1 amide bonds. The SMILES string of the molecule is O=C(NN=C/C=C/C=C/c1ccco1)c1cccc([N+](=O)[O-])c1. The largest absolute Gasteiger partial charge is 0.465 e. The van der Waals surface area contributed by atoms with Gasteiger partial charge in [0.05, 0.1) is 11.2 Å². The molecule has 0 unspecified atom stereocenters. The smallest absolute Gasteiger partial charge is 0.271 e. The number of benzene rings is 1. The highest BCUT2D eigenvalue weighted by Crippen LogP contribution is 2.12. The topological polar surface area (TPSA) is 97.7 Å². The van der Waals surface area contributed by atoms with Crippen molar-refractivity contribution in [2.45, 2.75) is 0 Å². The lowest BCUT2D eigenvalue weighted by atomic mass is 10.2. The molecule has 1 N–H and O–H groups in total. The fraction of sp³-hybridized carbons (Fsp3) is 0. The van der Waals surface area contributed by atoms with Gasteiger partial charge in [-0.05, 0) is 30.4 Å². The number of allylic oxidation sites excluding steroid dienone is 3. The van der Waals surface area contributed by atoms with E-state index in [1.54, 1.807) is 36.6 Å². The van der Waals surface area contributed by atoms with E-state index < -0.39 is 10.8 Å². The van der Waals surface area contributed by atoms with Crippen molar-refractivity contribution in [2.24, 2.45) is 5.10 Å². The molecule has 0 fully saturated rings. The second kappa shape index (κ2) is 8.08. The van der Waals surface area contributed by atoms with Crippen molar-refractivity contribution in [3.63, 3.8) is 0 Å². The van der Waals surface area contributed by atoms with Crippen LogP contribution < -0.4 is 5.43 Å². The number of amides is 1. The first kappa shape index (κ1) is 15.9. The Morgan fingerprint density at radius 1 is 1.22 bits per heavy atom. The Bertz CT molecular complexity index is 761. The number of hydrogen-bond acceptors (Lipinski definition) is 5. The Morgan fingerprint density at radius 3 is 2.83 bits per heavy atom. The third kappa shape index (κ3) is 5.09. The van der Waals surface area contributed by atoms with E-state index in [-0.39, 0.29) is 11.3 Å². The van der Waals surface area contributed by atoms with E-state index in [0.29, 0.717) is 0 Å². The molecule has 0 aliphatic heterocycles. The number of furan rings is 1. The van der Waals surface area contributed by atoms with Crippen LogP contribution in [0.3, 0.4) is 0 Å². The molecule has 23 heavy (non-hydrogen) atoms. The van der Waals surface area contributed by atoms with E-state index >= 15 is 0 Å². The Labute approximate surface area is 131 Å². The number of carbonyl (C=O) groups is 1. The zero-order valence-corrected chi connectivity index (χ0v) is 12.0. The minimum Gasteiger partial charge on any atom is -0.465 e. The first-order valence-corrected chi connectivity index (χ1v) is 6.61. The molecule has 116 valence electrons. The van der Waals surface area contributed by atoms with Gasteiger partial charge in [0.2, 0.25) is 0 Å². The van der Waals surface area contributed by atoms with Crippen molar-refractivity contribution in [3.8, 4) is 0 Å². The van der Waals surface area contributed by atoms with Gasteiger partial charge in [0.25, 0.3) is 11.6 Å². The Hall–Kier alpha value is -3.48. The minimum atomic E-state index is -0.561. The van der Waals surface area contributed by atoms with E-state index in [0.717, 1.165) is 5.76 Å². The Morgan fingerprint density at radius 2 is 2.09 bits per heavy atom. The van der Waals surface area contributed by atoms with Crippen LogP contribution in [0.5, 0.6) is 0 Å². The lowest BCUT2D eigenvalue weighted by molar-refractivity contribution is -0.384. The van der Waals surface area contributed by atoms with Crippen molar-refractivity contribution in [2.75, 3.05) is 0 Å². The number of carbonyl (C=O) groups excluding carboxylic acids is 1. The van der Waals surface area contributed by atoms with Crippen LogP contribution in [0.15, 0.2) is 70.4 Å². The van der Waals surface area contributed by atoms with Gasteiger partial charge in [-0.1, -0.05) is 18.2 Å². The van der Waals surface area contributed by atoms with E-state index in [4.69, 9.17) is 4.42 Å². The summed E-state index contributed by atoms with van der Waals surface area (Å²) in [6, 6.07) is 9.02. The van der Waals surface area contributed by atoms with Crippen molar-refractivity contribution in [1.82, 2.24) is 5.43 Å². The number of hydrogen-bond donors (Lipinski definition) is 1. The molecule has 0 atom stereocenters. The van der Waals surface area contributed by atoms with Gasteiger partial charge in [-0.3, -0.25) is 14.9 Å². The van der Waals surface area contributed by atoms with Crippen LogP contribution in [0, 0.1) is 10.1 Å². The fourth-order valence-corrected chi connectivity index (χ4v) is 1.61. The van der Waals surface area contributed by atoms with Gasteiger partial charge >= 0.3 is 0 Å². The van der Waals surface area contributed by atoms with Gasteiger partial charge in [-0.25, -0.2) is 5.43 Å². The van der Waals surface area contributed by atoms with Crippen LogP contribution in [0.2, 0.25) is 0 Å². The number of nitro benzene ring substituents is 1. The number of nitrogens with one attached hydrogen (secondary N) is 1. The monoisotopic (exact) mass is 311 g/mol. The highest BCUT2D eigenvalue weighted by Gasteiger charge is 2.10. The fourth-order valence-electron chi connectivity index (χ4n) is 1.61. The predicted molar refractivity (Wildman–Crippen MR) is 85.9 cm³/mol. The maximum absolute atomic E-state index is 11.8. The standard InChI is InChI=1S/C16H13N3O4/c20-16(13-6-4-7-14(12-13)19(21)22)18-17-10-3-1-2-8-15-9-5-11-23-15/h1-12H,(H,18,20)/b3-1+,8-2+,17-10?. The predicted octanol–water partition coefficient (Wildman–Crippen LogP) is 3.17. The summed E-state index contributed by atoms with van der Waals surface area (Å²) in [4.78, 5) is 21.8. The molecule has 2 aromatic rings. The average molecular weight is 311 g/mol. The summed E-state index contributed by atoms with van der Waals surface area (Å²) >= 11 is 0. The van der Waals surface area contributed by atoms with Crippen LogP contribution in [0.4, 0.5) is 5.69 Å². The molecule has 0 saturated heterocycles. The molecule has 0 aliphatic rings. The molecule has 2 rings (SSSR count). The summed E-state index contributed by atoms with van der Waals surface area (Å²) in [6.07, 6.45) is 9.83. The highest BCUT2D eigenvalue weighted by atomic mass is 16.6. The maximum atomic E-state index is 11.8. The second-order valence-electron chi connectivity index (χ2n) is 4.29. The number of hydrazone groups is 1. The number of nitro groups is 1. The second-order valence-corrected chi connectivity index (χ2v) is 4.29. The average Bonchev–Trinajstić information content (AvgIpc) is 3.07. The van der Waals surface area contributed by atoms with Crippen molar-refractivity contribution < 1.29 is 14.1 Å². The molecule has 0 bridgehead atoms. The van der Waals surface area contributed by atoms with Gasteiger partial charge in [-0.2, -0.15) is 5.10 Å². The van der Waals surface area contributed by atoms with E-state index in [9.17, 15) is 14.9 Å². The van der Waals surface area contributed by atoms with E-state index in [1.807, 2.05) is 6.07 Å². The summed E-state index contributed by atoms with van der Waals surface area (Å²) in [7, 11) is 0. The van der Waals surface area contributed by atoms with Gasteiger partial charge in [0, 0.05) is 23.9 Å². The molecule has 0 saturated carbocycles. The molecular formula is C16H13N3O4. The molecule has 1 heterocycles. The number of rotatable bonds is 6. The number of nitrogens with zero attached hydrogens (tertiary/aromatic N) is 2. The highest BCUT2D eigenvalue weighted by molar-refractivity contribution is 5.95. The van der Waals surface area contributed by atoms with Gasteiger partial charge in [0.1, 0.15) is 5.76 Å². The van der Waals surface area contributed by atoms with Crippen LogP contribution in [0.1, 0.15) is 16.1 Å². The minimum absolute atomic E-state index is 0.149. The molecule has 0 aliphatic carbocycles. The van der Waals surface area contributed by atoms with Crippen LogP contribution in [0.25, 0.3) is 6.08 Å². The lowest BCUT2D eigenvalue weighted by Gasteiger charge is -1.98. The van der Waals surface area contributed by atoms with Gasteiger partial charge in [-0.15, -0.1) is 0 Å². The third-order valence-electron chi connectivity index (χ3n) is 2.67. The molecule has 0 radical (unpaired) electrons. The van der Waals surface area contributed by atoms with Crippen molar-refractivity contribution >= 4 is 23.9 Å². The van der Waals surface area contributed by atoms with Crippen LogP contribution >= 0.6 is 0 Å².